The Bertz CT molecular complexity index is 1100. The number of hydrogen-bond acceptors (Lipinski definition) is 3. The smallest absolute Gasteiger partial charge is 0.261 e. The number of piperidine rings is 1. The van der Waals surface area contributed by atoms with Gasteiger partial charge in [0.1, 0.15) is 5.56 Å². The number of aromatic amines is 2. The van der Waals surface area contributed by atoms with E-state index < -0.39 is 0 Å². The number of nitrogens with one attached hydrogen (secondary N) is 2. The summed E-state index contributed by atoms with van der Waals surface area (Å²) in [6.07, 6.45) is 3.57. The lowest BCUT2D eigenvalue weighted by Crippen LogP contribution is -2.40. The highest BCUT2D eigenvalue weighted by Crippen LogP contribution is 2.34. The Morgan fingerprint density at radius 2 is 1.90 bits per heavy atom. The maximum Gasteiger partial charge on any atom is 0.261 e. The summed E-state index contributed by atoms with van der Waals surface area (Å²) in [5.41, 5.74) is 6.28. The zero-order valence-corrected chi connectivity index (χ0v) is 17.1. The summed E-state index contributed by atoms with van der Waals surface area (Å²) in [5.74, 6) is 0.131. The lowest BCUT2D eigenvalue weighted by molar-refractivity contribution is 0.0710. The van der Waals surface area contributed by atoms with Gasteiger partial charge in [0, 0.05) is 36.0 Å². The van der Waals surface area contributed by atoms with Crippen LogP contribution < -0.4 is 5.56 Å². The predicted molar refractivity (Wildman–Crippen MR) is 113 cm³/mol. The number of aryl methyl sites for hydroxylation is 3. The zero-order chi connectivity index (χ0) is 20.5. The molecule has 1 saturated heterocycles. The fourth-order valence-corrected chi connectivity index (χ4v) is 4.08. The van der Waals surface area contributed by atoms with Crippen LogP contribution >= 0.6 is 0 Å². The summed E-state index contributed by atoms with van der Waals surface area (Å²) in [6, 6.07) is 10.1. The molecule has 4 rings (SSSR count). The molecule has 0 bridgehead atoms. The first kappa shape index (κ1) is 19.2. The highest BCUT2D eigenvalue weighted by Gasteiger charge is 2.28. The number of nitrogens with zero attached hydrogens (tertiary/aromatic N) is 2. The van der Waals surface area contributed by atoms with E-state index in [4.69, 9.17) is 0 Å². The van der Waals surface area contributed by atoms with Gasteiger partial charge in [0.25, 0.3) is 11.5 Å². The van der Waals surface area contributed by atoms with E-state index in [1.807, 2.05) is 20.0 Å². The maximum atomic E-state index is 12.9. The molecule has 6 nitrogen and oxygen atoms in total. The number of carbonyl (C=O) groups excluding carboxylic acids is 1. The Morgan fingerprint density at radius 1 is 1.14 bits per heavy atom. The van der Waals surface area contributed by atoms with Crippen molar-refractivity contribution in [2.75, 3.05) is 13.1 Å². The van der Waals surface area contributed by atoms with Gasteiger partial charge in [0.2, 0.25) is 0 Å². The van der Waals surface area contributed by atoms with Gasteiger partial charge in [0.05, 0.1) is 6.20 Å². The third-order valence-corrected chi connectivity index (χ3v) is 5.92. The second-order valence-corrected chi connectivity index (χ2v) is 7.95. The van der Waals surface area contributed by atoms with Crippen LogP contribution in [-0.2, 0) is 0 Å². The minimum atomic E-state index is -0.310. The molecular weight excluding hydrogens is 364 g/mol. The van der Waals surface area contributed by atoms with Crippen molar-refractivity contribution in [2.45, 2.75) is 39.5 Å². The summed E-state index contributed by atoms with van der Waals surface area (Å²) in [5, 5.41) is 7.47. The van der Waals surface area contributed by atoms with Crippen LogP contribution in [0.3, 0.4) is 0 Å². The molecule has 0 radical (unpaired) electrons. The minimum Gasteiger partial charge on any atom is -0.338 e. The monoisotopic (exact) mass is 390 g/mol. The van der Waals surface area contributed by atoms with E-state index in [1.54, 1.807) is 11.0 Å². The summed E-state index contributed by atoms with van der Waals surface area (Å²) in [7, 11) is 0. The highest BCUT2D eigenvalue weighted by molar-refractivity contribution is 5.94. The van der Waals surface area contributed by atoms with Crippen LogP contribution in [0, 0.1) is 20.8 Å². The molecule has 0 aliphatic carbocycles. The van der Waals surface area contributed by atoms with E-state index in [-0.39, 0.29) is 17.0 Å². The lowest BCUT2D eigenvalue weighted by atomic mass is 9.89. The van der Waals surface area contributed by atoms with Gasteiger partial charge in [-0.1, -0.05) is 29.8 Å². The standard InChI is InChI=1S/C23H26N4O2/c1-14-5-4-6-18(11-14)20-13-24-26-21(20)17-7-9-27(10-8-17)23(29)19-12-15(2)16(3)25-22(19)28/h4-6,11-13,17H,7-10H2,1-3H3,(H,24,26)(H,25,28). The van der Waals surface area contributed by atoms with Crippen molar-refractivity contribution in [2.24, 2.45) is 0 Å². The zero-order valence-electron chi connectivity index (χ0n) is 17.1. The number of carbonyl (C=O) groups is 1. The Morgan fingerprint density at radius 3 is 2.62 bits per heavy atom. The van der Waals surface area contributed by atoms with Gasteiger partial charge in [-0.3, -0.25) is 14.7 Å². The molecule has 3 heterocycles. The first-order chi connectivity index (χ1) is 13.9. The summed E-state index contributed by atoms with van der Waals surface area (Å²) < 4.78 is 0. The first-order valence-corrected chi connectivity index (χ1v) is 10.0. The average molecular weight is 390 g/mol. The van der Waals surface area contributed by atoms with Crippen LogP contribution in [-0.4, -0.2) is 39.1 Å². The average Bonchev–Trinajstić information content (AvgIpc) is 3.20. The predicted octanol–water partition coefficient (Wildman–Crippen LogP) is 3.71. The molecule has 29 heavy (non-hydrogen) atoms. The number of hydrogen-bond donors (Lipinski definition) is 2. The quantitative estimate of drug-likeness (QED) is 0.715. The largest absolute Gasteiger partial charge is 0.338 e. The topological polar surface area (TPSA) is 81.8 Å². The second-order valence-electron chi connectivity index (χ2n) is 7.95. The van der Waals surface area contributed by atoms with Crippen molar-refractivity contribution in [3.8, 4) is 11.1 Å². The summed E-state index contributed by atoms with van der Waals surface area (Å²) in [4.78, 5) is 29.7. The van der Waals surface area contributed by atoms with Crippen molar-refractivity contribution < 1.29 is 4.79 Å². The molecule has 2 N–H and O–H groups in total. The fourth-order valence-electron chi connectivity index (χ4n) is 4.08. The van der Waals surface area contributed by atoms with Gasteiger partial charge in [-0.15, -0.1) is 0 Å². The van der Waals surface area contributed by atoms with Crippen LogP contribution in [0.5, 0.6) is 0 Å². The molecule has 1 fully saturated rings. The van der Waals surface area contributed by atoms with Crippen molar-refractivity contribution in [3.05, 3.63) is 75.0 Å². The number of pyridine rings is 1. The Kier molecular flexibility index (Phi) is 5.09. The van der Waals surface area contributed by atoms with E-state index in [2.05, 4.69) is 46.4 Å². The van der Waals surface area contributed by atoms with Crippen LogP contribution in [0.1, 0.15) is 51.6 Å². The Balaban J connectivity index is 1.50. The molecule has 2 aromatic heterocycles. The number of aromatic nitrogens is 3. The molecule has 3 aromatic rings. The molecule has 0 spiro atoms. The molecule has 6 heteroatoms. The van der Waals surface area contributed by atoms with Crippen molar-refractivity contribution in [1.29, 1.82) is 0 Å². The number of benzene rings is 1. The van der Waals surface area contributed by atoms with Gasteiger partial charge in [-0.05, 0) is 50.8 Å². The molecular formula is C23H26N4O2. The Labute approximate surface area is 170 Å². The third-order valence-electron chi connectivity index (χ3n) is 5.92. The maximum absolute atomic E-state index is 12.9. The number of likely N-dealkylation sites (tertiary alicyclic amines) is 1. The van der Waals surface area contributed by atoms with Crippen LogP contribution in [0.4, 0.5) is 0 Å². The first-order valence-electron chi connectivity index (χ1n) is 10.0. The number of rotatable bonds is 3. The van der Waals surface area contributed by atoms with E-state index in [1.165, 1.54) is 5.56 Å². The molecule has 0 atom stereocenters. The fraction of sp³-hybridized carbons (Fsp3) is 0.348. The van der Waals surface area contributed by atoms with Crippen molar-refractivity contribution >= 4 is 5.91 Å². The number of amides is 1. The summed E-state index contributed by atoms with van der Waals surface area (Å²) in [6.45, 7) is 7.08. The second kappa shape index (κ2) is 7.70. The molecule has 1 aliphatic heterocycles. The molecule has 1 aromatic carbocycles. The number of H-pyrrole nitrogens is 2. The molecule has 1 amide bonds. The van der Waals surface area contributed by atoms with Crippen LogP contribution in [0.25, 0.3) is 11.1 Å². The molecule has 0 saturated carbocycles. The SMILES string of the molecule is Cc1cccc(-c2cn[nH]c2C2CCN(C(=O)c3cc(C)c(C)[nH]c3=O)CC2)c1. The molecule has 1 aliphatic rings. The van der Waals surface area contributed by atoms with Gasteiger partial charge in [-0.25, -0.2) is 0 Å². The minimum absolute atomic E-state index is 0.184. The van der Waals surface area contributed by atoms with E-state index in [0.29, 0.717) is 19.0 Å². The van der Waals surface area contributed by atoms with Crippen molar-refractivity contribution in [1.82, 2.24) is 20.1 Å². The molecule has 150 valence electrons. The van der Waals surface area contributed by atoms with E-state index >= 15 is 0 Å². The van der Waals surface area contributed by atoms with Crippen LogP contribution in [0.15, 0.2) is 41.3 Å². The van der Waals surface area contributed by atoms with Crippen molar-refractivity contribution in [3.63, 3.8) is 0 Å². The van der Waals surface area contributed by atoms with Gasteiger partial charge in [0.15, 0.2) is 0 Å². The normalized spacial score (nSPS) is 14.9. The van der Waals surface area contributed by atoms with E-state index in [9.17, 15) is 9.59 Å². The summed E-state index contributed by atoms with van der Waals surface area (Å²) >= 11 is 0. The van der Waals surface area contributed by atoms with Crippen LogP contribution in [0.2, 0.25) is 0 Å². The molecule has 0 unspecified atom stereocenters. The van der Waals surface area contributed by atoms with Gasteiger partial charge in [-0.2, -0.15) is 5.10 Å². The lowest BCUT2D eigenvalue weighted by Gasteiger charge is -2.32. The Hall–Kier alpha value is -3.15. The third kappa shape index (κ3) is 3.75. The van der Waals surface area contributed by atoms with Gasteiger partial charge >= 0.3 is 0 Å². The highest BCUT2D eigenvalue weighted by atomic mass is 16.2. The van der Waals surface area contributed by atoms with Gasteiger partial charge < -0.3 is 9.88 Å². The van der Waals surface area contributed by atoms with E-state index in [0.717, 1.165) is 40.9 Å².